The summed E-state index contributed by atoms with van der Waals surface area (Å²) < 4.78 is 16.0. The lowest BCUT2D eigenvalue weighted by Gasteiger charge is -2.30. The molecule has 1 aromatic carbocycles. The Morgan fingerprint density at radius 3 is 2.61 bits per heavy atom. The van der Waals surface area contributed by atoms with E-state index < -0.39 is 22.7 Å². The predicted molar refractivity (Wildman–Crippen MR) is 141 cm³/mol. The van der Waals surface area contributed by atoms with E-state index in [0.29, 0.717) is 23.7 Å². The van der Waals surface area contributed by atoms with Gasteiger partial charge in [-0.2, -0.15) is 5.10 Å². The van der Waals surface area contributed by atoms with E-state index in [0.717, 1.165) is 17.2 Å². The molecule has 3 heterocycles. The number of fused-ring (bicyclic) bond motifs is 3. The summed E-state index contributed by atoms with van der Waals surface area (Å²) in [5.74, 6) is 0.338. The number of anilines is 4. The molecule has 5 rings (SSSR count). The molecule has 1 aliphatic carbocycles. The van der Waals surface area contributed by atoms with Crippen molar-refractivity contribution in [2.24, 2.45) is 0 Å². The molecule has 0 atom stereocenters. The summed E-state index contributed by atoms with van der Waals surface area (Å²) in [7, 11) is 7.52. The van der Waals surface area contributed by atoms with Crippen molar-refractivity contribution in [2.75, 3.05) is 22.6 Å². The van der Waals surface area contributed by atoms with Gasteiger partial charge in [0, 0.05) is 13.1 Å². The first-order chi connectivity index (χ1) is 16.9. The minimum atomic E-state index is -1.87. The molecule has 36 heavy (non-hydrogen) atoms. The van der Waals surface area contributed by atoms with Gasteiger partial charge in [-0.25, -0.2) is 14.1 Å². The van der Waals surface area contributed by atoms with Crippen LogP contribution in [0.25, 0.3) is 5.69 Å². The number of amides is 2. The number of hydrogen-bond donors (Lipinski definition) is 3. The second-order valence-electron chi connectivity index (χ2n) is 10.3. The largest absolute Gasteiger partial charge is 0.368 e. The summed E-state index contributed by atoms with van der Waals surface area (Å²) in [5.41, 5.74) is 0.847. The number of hydrogen-bond acceptors (Lipinski definition) is 8. The van der Waals surface area contributed by atoms with Crippen LogP contribution in [0.1, 0.15) is 35.0 Å². The molecule has 1 saturated carbocycles. The van der Waals surface area contributed by atoms with E-state index in [1.807, 2.05) is 60.6 Å². The number of nitrogens with zero attached hydrogens (tertiary/aromatic N) is 6. The third kappa shape index (κ3) is 4.52. The van der Waals surface area contributed by atoms with Gasteiger partial charge in [0.1, 0.15) is 29.4 Å². The molecule has 3 aromatic rings. The molecule has 2 aliphatic rings. The highest BCUT2D eigenvalue weighted by Gasteiger charge is 2.51. The van der Waals surface area contributed by atoms with Gasteiger partial charge in [-0.1, -0.05) is 6.07 Å². The number of nitrogens with one attached hydrogen (secondary N) is 3. The van der Waals surface area contributed by atoms with Gasteiger partial charge in [-0.15, -0.1) is 10.2 Å². The molecule has 2 aromatic heterocycles. The van der Waals surface area contributed by atoms with Crippen LogP contribution in [-0.4, -0.2) is 78.3 Å². The highest BCUT2D eigenvalue weighted by Crippen LogP contribution is 2.41. The minimum absolute atomic E-state index is 0.0395. The normalized spacial score (nSPS) is 15.5. The molecule has 0 radical (unpaired) electrons. The highest BCUT2D eigenvalue weighted by atomic mass is 19.1. The van der Waals surface area contributed by atoms with E-state index >= 15 is 0 Å². The lowest BCUT2D eigenvalue weighted by Crippen LogP contribution is -2.50. The van der Waals surface area contributed by atoms with E-state index in [1.54, 1.807) is 4.68 Å². The van der Waals surface area contributed by atoms with Crippen LogP contribution in [0.4, 0.5) is 27.3 Å². The molecule has 3 N–H and O–H groups in total. The standard InChI is InChI=1S/C21H25B3FN9O2/c1-10-26-15-9-33(2)17-11(4-3-5-13(17)34(15)32-10)27-12-8-14(28-19(36)20(25)6-7-20)30-31-16(12)18(35)29-21(22,23)24/h3-5,8H,6-7,9,22-24H2,1-2H3,(H,29,35)(H2,27,28,30,36). The third-order valence-electron chi connectivity index (χ3n) is 5.89. The van der Waals surface area contributed by atoms with Crippen molar-refractivity contribution in [3.05, 3.63) is 41.6 Å². The second-order valence-corrected chi connectivity index (χ2v) is 10.3. The maximum absolute atomic E-state index is 14.2. The quantitative estimate of drug-likeness (QED) is 0.368. The van der Waals surface area contributed by atoms with Crippen molar-refractivity contribution >= 4 is 58.2 Å². The van der Waals surface area contributed by atoms with Crippen molar-refractivity contribution in [3.8, 4) is 5.69 Å². The van der Waals surface area contributed by atoms with Crippen LogP contribution in [0.2, 0.25) is 0 Å². The molecule has 0 unspecified atom stereocenters. The molecule has 15 heteroatoms. The zero-order valence-corrected chi connectivity index (χ0v) is 20.8. The average Bonchev–Trinajstić information content (AvgIpc) is 3.43. The first kappa shape index (κ1) is 23.8. The molecular formula is C21H25B3FN9O2. The second kappa shape index (κ2) is 8.35. The number of alkyl halides is 1. The smallest absolute Gasteiger partial charge is 0.272 e. The number of carbonyl (C=O) groups excluding carboxylic acids is 2. The molecule has 0 spiro atoms. The maximum Gasteiger partial charge on any atom is 0.272 e. The third-order valence-corrected chi connectivity index (χ3v) is 5.89. The summed E-state index contributed by atoms with van der Waals surface area (Å²) >= 11 is 0. The van der Waals surface area contributed by atoms with Crippen LogP contribution in [0, 0.1) is 6.92 Å². The number of halogens is 1. The lowest BCUT2D eigenvalue weighted by molar-refractivity contribution is -0.122. The van der Waals surface area contributed by atoms with Crippen molar-refractivity contribution in [2.45, 2.75) is 37.2 Å². The monoisotopic (exact) mass is 487 g/mol. The van der Waals surface area contributed by atoms with Crippen molar-refractivity contribution < 1.29 is 14.0 Å². The summed E-state index contributed by atoms with van der Waals surface area (Å²) in [6, 6.07) is 7.16. The molecule has 0 bridgehead atoms. The number of carbonyl (C=O) groups is 2. The Balaban J connectivity index is 1.54. The van der Waals surface area contributed by atoms with E-state index in [9.17, 15) is 14.0 Å². The fourth-order valence-electron chi connectivity index (χ4n) is 4.08. The van der Waals surface area contributed by atoms with Gasteiger partial charge in [0.05, 0.1) is 29.3 Å². The summed E-state index contributed by atoms with van der Waals surface area (Å²) in [6.07, 6.45) is 0.353. The zero-order chi connectivity index (χ0) is 25.8. The average molecular weight is 487 g/mol. The van der Waals surface area contributed by atoms with Crippen LogP contribution in [0.3, 0.4) is 0 Å². The first-order valence-electron chi connectivity index (χ1n) is 11.7. The molecule has 182 valence electrons. The first-order valence-corrected chi connectivity index (χ1v) is 11.7. The van der Waals surface area contributed by atoms with Gasteiger partial charge in [0.25, 0.3) is 11.8 Å². The van der Waals surface area contributed by atoms with E-state index in [2.05, 4.69) is 36.2 Å². The minimum Gasteiger partial charge on any atom is -0.368 e. The zero-order valence-electron chi connectivity index (χ0n) is 20.8. The van der Waals surface area contributed by atoms with E-state index in [4.69, 9.17) is 0 Å². The van der Waals surface area contributed by atoms with Crippen molar-refractivity contribution in [1.29, 1.82) is 0 Å². The van der Waals surface area contributed by atoms with Gasteiger partial charge >= 0.3 is 0 Å². The number of para-hydroxylation sites is 1. The van der Waals surface area contributed by atoms with Gasteiger partial charge in [-0.3, -0.25) is 9.59 Å². The fraction of sp³-hybridized carbons (Fsp3) is 0.333. The molecule has 2 amide bonds. The fourth-order valence-corrected chi connectivity index (χ4v) is 4.08. The van der Waals surface area contributed by atoms with E-state index in [-0.39, 0.29) is 24.4 Å². The van der Waals surface area contributed by atoms with Gasteiger partial charge in [-0.05, 0) is 37.1 Å². The lowest BCUT2D eigenvalue weighted by atomic mass is 9.49. The predicted octanol–water partition coefficient (Wildman–Crippen LogP) is -1.26. The highest BCUT2D eigenvalue weighted by molar-refractivity contribution is 6.60. The summed E-state index contributed by atoms with van der Waals surface area (Å²) in [5, 5.41) is 20.7. The molecule has 0 saturated heterocycles. The molecule has 11 nitrogen and oxygen atoms in total. The number of aryl methyl sites for hydroxylation is 1. The Morgan fingerprint density at radius 2 is 1.92 bits per heavy atom. The van der Waals surface area contributed by atoms with Crippen LogP contribution < -0.4 is 20.9 Å². The Hall–Kier alpha value is -3.90. The molecule has 1 fully saturated rings. The van der Waals surface area contributed by atoms with Gasteiger partial charge in [0.2, 0.25) is 0 Å². The molecular weight excluding hydrogens is 462 g/mol. The number of benzene rings is 1. The van der Waals surface area contributed by atoms with Crippen LogP contribution in [0.5, 0.6) is 0 Å². The number of aromatic nitrogens is 5. The van der Waals surface area contributed by atoms with Gasteiger partial charge in [0.15, 0.2) is 23.0 Å². The van der Waals surface area contributed by atoms with Crippen molar-refractivity contribution in [3.63, 3.8) is 0 Å². The number of rotatable bonds is 6. The van der Waals surface area contributed by atoms with Crippen LogP contribution >= 0.6 is 0 Å². The summed E-state index contributed by atoms with van der Waals surface area (Å²) in [4.78, 5) is 31.8. The maximum atomic E-state index is 14.2. The SMILES string of the molecule is BC(B)(B)NC(=O)c1nnc(NC(=O)C2(F)CC2)cc1Nc1cccc2c1N(C)Cc1nc(C)nn1-2. The molecule has 1 aliphatic heterocycles. The van der Waals surface area contributed by atoms with E-state index in [1.165, 1.54) is 6.07 Å². The Kier molecular flexibility index (Phi) is 5.53. The van der Waals surface area contributed by atoms with Crippen LogP contribution in [-0.2, 0) is 11.3 Å². The Morgan fingerprint density at radius 1 is 1.17 bits per heavy atom. The van der Waals surface area contributed by atoms with Crippen LogP contribution in [0.15, 0.2) is 24.3 Å². The Bertz CT molecular complexity index is 1390. The van der Waals surface area contributed by atoms with Crippen molar-refractivity contribution in [1.82, 2.24) is 30.3 Å². The topological polar surface area (TPSA) is 130 Å². The summed E-state index contributed by atoms with van der Waals surface area (Å²) in [6.45, 7) is 2.38. The Labute approximate surface area is 209 Å². The van der Waals surface area contributed by atoms with Gasteiger partial charge < -0.3 is 20.9 Å².